The Morgan fingerprint density at radius 2 is 0.972 bits per heavy atom. The lowest BCUT2D eigenvalue weighted by Crippen LogP contribution is -1.93. The number of aromatic amines is 2. The minimum atomic E-state index is 1.01. The van der Waals surface area contributed by atoms with Crippen LogP contribution in [0.5, 0.6) is 0 Å². The Morgan fingerprint density at radius 3 is 1.58 bits per heavy atom. The zero-order valence-corrected chi connectivity index (χ0v) is 21.3. The van der Waals surface area contributed by atoms with E-state index in [0.717, 1.165) is 6.42 Å². The first kappa shape index (κ1) is 18.6. The van der Waals surface area contributed by atoms with Crippen LogP contribution in [0.2, 0.25) is 0 Å². The lowest BCUT2D eigenvalue weighted by molar-refractivity contribution is 1.36. The fourth-order valence-electron chi connectivity index (χ4n) is 7.05. The maximum Gasteiger partial charge on any atom is 0.0548 e. The summed E-state index contributed by atoms with van der Waals surface area (Å²) >= 11 is 5.45. The van der Waals surface area contributed by atoms with Gasteiger partial charge in [-0.15, -0.1) is 0 Å². The largest absolute Gasteiger partial charge is 0.361 e. The van der Waals surface area contributed by atoms with E-state index in [1.54, 1.807) is 11.3 Å². The number of nitrogens with one attached hydrogen (secondary N) is 2. The van der Waals surface area contributed by atoms with Crippen LogP contribution in [-0.4, -0.2) is 9.97 Å². The molecule has 5 heterocycles. The second-order valence-corrected chi connectivity index (χ2v) is 12.1. The van der Waals surface area contributed by atoms with Crippen LogP contribution in [-0.2, 0) is 6.42 Å². The average molecular weight is 513 g/mol. The lowest BCUT2D eigenvalue weighted by Gasteiger charge is -2.19. The molecule has 0 atom stereocenters. The molecular weight excluding hydrogens is 497 g/mol. The summed E-state index contributed by atoms with van der Waals surface area (Å²) in [4.78, 5) is 7.19. The minimum Gasteiger partial charge on any atom is -0.361 e. The Hall–Kier alpha value is -3.64. The molecule has 1 aliphatic rings. The van der Waals surface area contributed by atoms with Gasteiger partial charge in [-0.3, -0.25) is 0 Å². The quantitative estimate of drug-likeness (QED) is 0.189. The van der Waals surface area contributed by atoms with Crippen molar-refractivity contribution in [2.75, 3.05) is 0 Å². The average Bonchev–Trinajstić information content (AvgIpc) is 3.73. The molecule has 168 valence electrons. The molecule has 0 bridgehead atoms. The third-order valence-corrected chi connectivity index (χ3v) is 10.6. The molecular formula is C31H16N2S3. The summed E-state index contributed by atoms with van der Waals surface area (Å²) in [6, 6.07) is 4.58. The Bertz CT molecular complexity index is 2390. The van der Waals surface area contributed by atoms with E-state index in [9.17, 15) is 0 Å². The monoisotopic (exact) mass is 512 g/mol. The molecule has 2 nitrogen and oxygen atoms in total. The van der Waals surface area contributed by atoms with Crippen molar-refractivity contribution < 1.29 is 0 Å². The molecule has 0 radical (unpaired) electrons. The molecule has 5 heteroatoms. The number of hydrogen-bond acceptors (Lipinski definition) is 3. The van der Waals surface area contributed by atoms with Crippen LogP contribution < -0.4 is 0 Å². The standard InChI is InChI=1S/C31H16N2S3/c1-2-14-15(3-1)24-27(19-9-34-8-18(14)19)25-16-4-6-32-30(16)23-13-36-11-21(23)29(25)26-17-5-7-33-31(17)22-12-35-10-20(22)28(24)26/h1,3-13,32-33H,2H2. The normalized spacial score (nSPS) is 13.9. The number of hydrogen-bond donors (Lipinski definition) is 2. The molecule has 2 N–H and O–H groups in total. The van der Waals surface area contributed by atoms with Gasteiger partial charge in [-0.25, -0.2) is 0 Å². The van der Waals surface area contributed by atoms with Crippen LogP contribution in [0.15, 0.2) is 62.9 Å². The number of H-pyrrole nitrogens is 2. The van der Waals surface area contributed by atoms with Crippen molar-refractivity contribution in [3.8, 4) is 0 Å². The maximum absolute atomic E-state index is 3.60. The van der Waals surface area contributed by atoms with E-state index in [2.05, 4.69) is 78.9 Å². The molecule has 0 amide bonds. The van der Waals surface area contributed by atoms with E-state index in [1.165, 1.54) is 97.6 Å². The van der Waals surface area contributed by atoms with Gasteiger partial charge in [-0.2, -0.15) is 34.0 Å². The molecule has 0 unspecified atom stereocenters. The van der Waals surface area contributed by atoms with Crippen molar-refractivity contribution in [2.24, 2.45) is 0 Å². The summed E-state index contributed by atoms with van der Waals surface area (Å²) < 4.78 is 0. The molecule has 5 aromatic heterocycles. The first-order chi connectivity index (χ1) is 17.9. The maximum atomic E-state index is 3.60. The predicted octanol–water partition coefficient (Wildman–Crippen LogP) is 10.3. The number of benzene rings is 4. The molecule has 36 heavy (non-hydrogen) atoms. The third kappa shape index (κ3) is 1.93. The van der Waals surface area contributed by atoms with Crippen LogP contribution in [0.3, 0.4) is 0 Å². The SMILES string of the molecule is C1=Cc2c(c3cscc3c3c2c2c4cscc4c4[nH]ccc4c2c2c4cscc4c4[nH]ccc4c32)C1. The number of aromatic nitrogens is 2. The molecule has 10 rings (SSSR count). The number of thiophene rings is 3. The summed E-state index contributed by atoms with van der Waals surface area (Å²) in [5.74, 6) is 0. The summed E-state index contributed by atoms with van der Waals surface area (Å²) in [6.45, 7) is 0. The van der Waals surface area contributed by atoms with Gasteiger partial charge in [-0.05, 0) is 62.0 Å². The van der Waals surface area contributed by atoms with Crippen LogP contribution in [0.1, 0.15) is 11.1 Å². The zero-order valence-electron chi connectivity index (χ0n) is 18.9. The van der Waals surface area contributed by atoms with E-state index in [-0.39, 0.29) is 0 Å². The lowest BCUT2D eigenvalue weighted by atomic mass is 9.83. The molecule has 0 saturated carbocycles. The van der Waals surface area contributed by atoms with Crippen molar-refractivity contribution in [1.29, 1.82) is 0 Å². The van der Waals surface area contributed by atoms with E-state index in [1.807, 2.05) is 22.7 Å². The molecule has 0 aliphatic heterocycles. The Labute approximate surface area is 216 Å². The Morgan fingerprint density at radius 1 is 0.500 bits per heavy atom. The fourth-order valence-corrected chi connectivity index (χ4v) is 9.57. The number of rotatable bonds is 0. The van der Waals surface area contributed by atoms with E-state index in [0.29, 0.717) is 0 Å². The zero-order chi connectivity index (χ0) is 23.1. The van der Waals surface area contributed by atoms with Crippen molar-refractivity contribution >= 4 is 127 Å². The molecule has 0 spiro atoms. The van der Waals surface area contributed by atoms with Gasteiger partial charge in [0.1, 0.15) is 0 Å². The molecule has 9 aromatic rings. The van der Waals surface area contributed by atoms with Gasteiger partial charge in [0.05, 0.1) is 11.0 Å². The fraction of sp³-hybridized carbons (Fsp3) is 0.0323. The van der Waals surface area contributed by atoms with Gasteiger partial charge in [0.2, 0.25) is 0 Å². The summed E-state index contributed by atoms with van der Waals surface area (Å²) in [5, 5.41) is 33.4. The minimum absolute atomic E-state index is 1.01. The predicted molar refractivity (Wildman–Crippen MR) is 162 cm³/mol. The van der Waals surface area contributed by atoms with Gasteiger partial charge >= 0.3 is 0 Å². The smallest absolute Gasteiger partial charge is 0.0548 e. The van der Waals surface area contributed by atoms with Crippen LogP contribution in [0.25, 0.3) is 92.5 Å². The second kappa shape index (κ2) is 6.19. The number of fused-ring (bicyclic) bond motifs is 21. The summed E-state index contributed by atoms with van der Waals surface area (Å²) in [6.07, 6.45) is 9.98. The highest BCUT2D eigenvalue weighted by Crippen LogP contribution is 2.53. The van der Waals surface area contributed by atoms with Crippen molar-refractivity contribution in [3.63, 3.8) is 0 Å². The highest BCUT2D eigenvalue weighted by atomic mass is 32.1. The Balaban J connectivity index is 1.76. The molecule has 0 saturated heterocycles. The van der Waals surface area contributed by atoms with Gasteiger partial charge in [0.15, 0.2) is 0 Å². The second-order valence-electron chi connectivity index (χ2n) is 9.88. The highest BCUT2D eigenvalue weighted by molar-refractivity contribution is 7.10. The van der Waals surface area contributed by atoms with E-state index >= 15 is 0 Å². The van der Waals surface area contributed by atoms with E-state index < -0.39 is 0 Å². The first-order valence-electron chi connectivity index (χ1n) is 12.1. The first-order valence-corrected chi connectivity index (χ1v) is 14.9. The highest BCUT2D eigenvalue weighted by Gasteiger charge is 2.26. The van der Waals surface area contributed by atoms with Gasteiger partial charge in [0, 0.05) is 87.8 Å². The van der Waals surface area contributed by atoms with Gasteiger partial charge in [0.25, 0.3) is 0 Å². The molecule has 0 fully saturated rings. The van der Waals surface area contributed by atoms with Crippen molar-refractivity contribution in [1.82, 2.24) is 9.97 Å². The van der Waals surface area contributed by atoms with Gasteiger partial charge in [-0.1, -0.05) is 12.2 Å². The third-order valence-electron chi connectivity index (χ3n) is 8.39. The van der Waals surface area contributed by atoms with Crippen LogP contribution in [0, 0.1) is 0 Å². The van der Waals surface area contributed by atoms with Crippen LogP contribution in [0.4, 0.5) is 0 Å². The van der Waals surface area contributed by atoms with Crippen molar-refractivity contribution in [3.05, 3.63) is 74.0 Å². The summed E-state index contributed by atoms with van der Waals surface area (Å²) in [7, 11) is 0. The molecule has 4 aromatic carbocycles. The summed E-state index contributed by atoms with van der Waals surface area (Å²) in [5.41, 5.74) is 5.40. The Kier molecular flexibility index (Phi) is 3.20. The number of allylic oxidation sites excluding steroid dienone is 1. The van der Waals surface area contributed by atoms with E-state index in [4.69, 9.17) is 0 Å². The van der Waals surface area contributed by atoms with Gasteiger partial charge < -0.3 is 9.97 Å². The van der Waals surface area contributed by atoms with Crippen LogP contribution >= 0.6 is 34.0 Å². The molecule has 1 aliphatic carbocycles. The topological polar surface area (TPSA) is 31.6 Å². The van der Waals surface area contributed by atoms with Crippen molar-refractivity contribution in [2.45, 2.75) is 6.42 Å².